The SMILES string of the molecule is O=[N+]([O-])c1ccc(CCN2CCO[C@@H]3CCC[C@H]32)cc1. The lowest BCUT2D eigenvalue weighted by Crippen LogP contribution is -2.49. The zero-order valence-electron chi connectivity index (χ0n) is 11.5. The second kappa shape index (κ2) is 5.89. The van der Waals surface area contributed by atoms with Crippen molar-refractivity contribution >= 4 is 5.69 Å². The van der Waals surface area contributed by atoms with Crippen molar-refractivity contribution in [1.29, 1.82) is 0 Å². The Balaban J connectivity index is 1.57. The van der Waals surface area contributed by atoms with Crippen LogP contribution in [0.4, 0.5) is 5.69 Å². The lowest BCUT2D eigenvalue weighted by molar-refractivity contribution is -0.384. The Hall–Kier alpha value is -1.46. The molecule has 0 spiro atoms. The third-order valence-electron chi connectivity index (χ3n) is 4.43. The van der Waals surface area contributed by atoms with Gasteiger partial charge in [-0.05, 0) is 31.2 Å². The van der Waals surface area contributed by atoms with E-state index in [1.54, 1.807) is 12.1 Å². The van der Waals surface area contributed by atoms with Crippen LogP contribution in [0.5, 0.6) is 0 Å². The Labute approximate surface area is 118 Å². The normalized spacial score (nSPS) is 26.4. The molecule has 1 aliphatic heterocycles. The van der Waals surface area contributed by atoms with Gasteiger partial charge in [0.2, 0.25) is 0 Å². The first kappa shape index (κ1) is 13.5. The number of nitro benzene ring substituents is 1. The molecule has 0 unspecified atom stereocenters. The van der Waals surface area contributed by atoms with Gasteiger partial charge >= 0.3 is 0 Å². The maximum atomic E-state index is 10.6. The molecule has 0 bridgehead atoms. The van der Waals surface area contributed by atoms with Crippen LogP contribution in [-0.4, -0.2) is 41.7 Å². The number of hydrogen-bond acceptors (Lipinski definition) is 4. The molecule has 1 aromatic carbocycles. The minimum Gasteiger partial charge on any atom is -0.375 e. The van der Waals surface area contributed by atoms with E-state index in [-0.39, 0.29) is 10.6 Å². The summed E-state index contributed by atoms with van der Waals surface area (Å²) >= 11 is 0. The first-order valence-corrected chi connectivity index (χ1v) is 7.33. The summed E-state index contributed by atoms with van der Waals surface area (Å²) in [5.41, 5.74) is 1.33. The molecule has 20 heavy (non-hydrogen) atoms. The molecule has 5 nitrogen and oxygen atoms in total. The van der Waals surface area contributed by atoms with Gasteiger partial charge < -0.3 is 4.74 Å². The first-order valence-electron chi connectivity index (χ1n) is 7.33. The van der Waals surface area contributed by atoms with Gasteiger partial charge in [-0.3, -0.25) is 15.0 Å². The molecule has 1 saturated heterocycles. The lowest BCUT2D eigenvalue weighted by atomic mass is 10.1. The number of non-ortho nitro benzene ring substituents is 1. The number of nitro groups is 1. The molecule has 0 N–H and O–H groups in total. The van der Waals surface area contributed by atoms with Crippen LogP contribution in [0.1, 0.15) is 24.8 Å². The minimum absolute atomic E-state index is 0.163. The van der Waals surface area contributed by atoms with Crippen molar-refractivity contribution in [1.82, 2.24) is 4.90 Å². The van der Waals surface area contributed by atoms with E-state index in [1.807, 2.05) is 12.1 Å². The molecule has 1 aliphatic carbocycles. The van der Waals surface area contributed by atoms with E-state index in [0.29, 0.717) is 12.1 Å². The summed E-state index contributed by atoms with van der Waals surface area (Å²) in [5, 5.41) is 10.6. The predicted octanol–water partition coefficient (Wildman–Crippen LogP) is 2.39. The molecular formula is C15H20N2O3. The molecule has 2 aliphatic rings. The zero-order valence-corrected chi connectivity index (χ0v) is 11.5. The largest absolute Gasteiger partial charge is 0.375 e. The topological polar surface area (TPSA) is 55.6 Å². The number of hydrogen-bond donors (Lipinski definition) is 0. The Kier molecular flexibility index (Phi) is 3.98. The molecule has 3 rings (SSSR count). The van der Waals surface area contributed by atoms with Crippen LogP contribution >= 0.6 is 0 Å². The number of morpholine rings is 1. The highest BCUT2D eigenvalue weighted by Crippen LogP contribution is 2.29. The number of benzene rings is 1. The van der Waals surface area contributed by atoms with Crippen LogP contribution in [0.25, 0.3) is 0 Å². The first-order chi connectivity index (χ1) is 9.74. The zero-order chi connectivity index (χ0) is 13.9. The molecular weight excluding hydrogens is 256 g/mol. The average Bonchev–Trinajstić information content (AvgIpc) is 2.94. The molecule has 0 aromatic heterocycles. The van der Waals surface area contributed by atoms with Crippen LogP contribution in [0.2, 0.25) is 0 Å². The highest BCUT2D eigenvalue weighted by Gasteiger charge is 2.35. The molecule has 108 valence electrons. The lowest BCUT2D eigenvalue weighted by Gasteiger charge is -2.37. The second-order valence-electron chi connectivity index (χ2n) is 5.62. The van der Waals surface area contributed by atoms with Crippen LogP contribution in [0.3, 0.4) is 0 Å². The van der Waals surface area contributed by atoms with Gasteiger partial charge in [0.1, 0.15) is 0 Å². The molecule has 2 atom stereocenters. The predicted molar refractivity (Wildman–Crippen MR) is 75.8 cm³/mol. The fraction of sp³-hybridized carbons (Fsp3) is 0.600. The quantitative estimate of drug-likeness (QED) is 0.626. The summed E-state index contributed by atoms with van der Waals surface area (Å²) in [5.74, 6) is 0. The molecule has 0 radical (unpaired) electrons. The van der Waals surface area contributed by atoms with Crippen LogP contribution in [0, 0.1) is 10.1 Å². The van der Waals surface area contributed by atoms with E-state index in [4.69, 9.17) is 4.74 Å². The maximum Gasteiger partial charge on any atom is 0.269 e. The number of ether oxygens (including phenoxy) is 1. The second-order valence-corrected chi connectivity index (χ2v) is 5.62. The summed E-state index contributed by atoms with van der Waals surface area (Å²) in [4.78, 5) is 12.8. The van der Waals surface area contributed by atoms with Crippen molar-refractivity contribution in [2.75, 3.05) is 19.7 Å². The van der Waals surface area contributed by atoms with Gasteiger partial charge in [-0.2, -0.15) is 0 Å². The molecule has 5 heteroatoms. The Morgan fingerprint density at radius 3 is 2.85 bits per heavy atom. The third kappa shape index (κ3) is 2.83. The van der Waals surface area contributed by atoms with E-state index in [2.05, 4.69) is 4.90 Å². The Bertz CT molecular complexity index is 475. The van der Waals surface area contributed by atoms with Crippen molar-refractivity contribution in [3.05, 3.63) is 39.9 Å². The van der Waals surface area contributed by atoms with Gasteiger partial charge in [0, 0.05) is 31.3 Å². The fourth-order valence-electron chi connectivity index (χ4n) is 3.34. The van der Waals surface area contributed by atoms with Gasteiger partial charge in [-0.1, -0.05) is 12.1 Å². The molecule has 1 aromatic rings. The number of fused-ring (bicyclic) bond motifs is 1. The molecule has 1 saturated carbocycles. The monoisotopic (exact) mass is 276 g/mol. The summed E-state index contributed by atoms with van der Waals surface area (Å²) < 4.78 is 5.81. The van der Waals surface area contributed by atoms with Crippen LogP contribution in [0.15, 0.2) is 24.3 Å². The van der Waals surface area contributed by atoms with Crippen molar-refractivity contribution in [3.63, 3.8) is 0 Å². The van der Waals surface area contributed by atoms with Crippen LogP contribution in [-0.2, 0) is 11.2 Å². The third-order valence-corrected chi connectivity index (χ3v) is 4.43. The fourth-order valence-corrected chi connectivity index (χ4v) is 3.34. The van der Waals surface area contributed by atoms with Gasteiger partial charge in [0.25, 0.3) is 5.69 Å². The van der Waals surface area contributed by atoms with Crippen molar-refractivity contribution in [2.45, 2.75) is 37.8 Å². The van der Waals surface area contributed by atoms with E-state index >= 15 is 0 Å². The van der Waals surface area contributed by atoms with E-state index in [1.165, 1.54) is 19.3 Å². The molecule has 2 fully saturated rings. The van der Waals surface area contributed by atoms with Gasteiger partial charge in [-0.15, -0.1) is 0 Å². The minimum atomic E-state index is -0.352. The van der Waals surface area contributed by atoms with E-state index < -0.39 is 0 Å². The van der Waals surface area contributed by atoms with E-state index in [9.17, 15) is 10.1 Å². The summed E-state index contributed by atoms with van der Waals surface area (Å²) in [7, 11) is 0. The molecule has 1 heterocycles. The summed E-state index contributed by atoms with van der Waals surface area (Å²) in [6.07, 6.45) is 5.08. The van der Waals surface area contributed by atoms with Crippen molar-refractivity contribution < 1.29 is 9.66 Å². The maximum absolute atomic E-state index is 10.6. The summed E-state index contributed by atoms with van der Waals surface area (Å²) in [6, 6.07) is 7.50. The average molecular weight is 276 g/mol. The highest BCUT2D eigenvalue weighted by atomic mass is 16.6. The standard InChI is InChI=1S/C15H20N2O3/c18-17(19)13-6-4-12(5-7-13)8-9-16-10-11-20-15-3-1-2-14(15)16/h4-7,14-15H,1-3,8-11H2/t14-,15-/m1/s1. The molecule has 0 amide bonds. The van der Waals surface area contributed by atoms with E-state index in [0.717, 1.165) is 31.7 Å². The van der Waals surface area contributed by atoms with Crippen molar-refractivity contribution in [2.24, 2.45) is 0 Å². The number of rotatable bonds is 4. The van der Waals surface area contributed by atoms with Crippen LogP contribution < -0.4 is 0 Å². The Morgan fingerprint density at radius 2 is 2.10 bits per heavy atom. The summed E-state index contributed by atoms with van der Waals surface area (Å²) in [6.45, 7) is 2.86. The highest BCUT2D eigenvalue weighted by molar-refractivity contribution is 5.32. The smallest absolute Gasteiger partial charge is 0.269 e. The van der Waals surface area contributed by atoms with Gasteiger partial charge in [0.05, 0.1) is 17.6 Å². The number of nitrogens with zero attached hydrogens (tertiary/aromatic N) is 2. The van der Waals surface area contributed by atoms with Gasteiger partial charge in [-0.25, -0.2) is 0 Å². The Morgan fingerprint density at radius 1 is 1.30 bits per heavy atom. The van der Waals surface area contributed by atoms with Crippen molar-refractivity contribution in [3.8, 4) is 0 Å². The van der Waals surface area contributed by atoms with Gasteiger partial charge in [0.15, 0.2) is 0 Å².